The number of ether oxygens (including phenoxy) is 1. The summed E-state index contributed by atoms with van der Waals surface area (Å²) in [5, 5.41) is 6.89. The molecule has 3 nitrogen and oxygen atoms in total. The molecule has 0 radical (unpaired) electrons. The quantitative estimate of drug-likeness (QED) is 0.700. The van der Waals surface area contributed by atoms with Crippen molar-refractivity contribution in [1.82, 2.24) is 0 Å². The van der Waals surface area contributed by atoms with Gasteiger partial charge in [0.15, 0.2) is 0 Å². The van der Waals surface area contributed by atoms with E-state index in [1.165, 1.54) is 19.2 Å². The lowest BCUT2D eigenvalue weighted by molar-refractivity contribution is -0.137. The summed E-state index contributed by atoms with van der Waals surface area (Å²) in [4.78, 5) is 8.36. The number of hydrogen-bond donors (Lipinski definition) is 1. The van der Waals surface area contributed by atoms with Gasteiger partial charge in [0.1, 0.15) is 5.75 Å². The van der Waals surface area contributed by atoms with Gasteiger partial charge in [0.25, 0.3) is 6.47 Å². The van der Waals surface area contributed by atoms with E-state index in [-0.39, 0.29) is 6.47 Å². The number of rotatable bonds is 2. The maximum atomic E-state index is 12.8. The number of para-hydroxylation sites is 1. The molecule has 138 valence electrons. The van der Waals surface area contributed by atoms with Crippen molar-refractivity contribution in [2.75, 3.05) is 7.11 Å². The Morgan fingerprint density at radius 1 is 1.00 bits per heavy atom. The van der Waals surface area contributed by atoms with E-state index in [0.29, 0.717) is 16.9 Å². The van der Waals surface area contributed by atoms with Gasteiger partial charge in [-0.05, 0) is 42.7 Å². The van der Waals surface area contributed by atoms with Gasteiger partial charge in [0.05, 0.1) is 12.7 Å². The minimum Gasteiger partial charge on any atom is -0.496 e. The molecule has 1 N–H and O–H groups in total. The average molecular weight is 356 g/mol. The van der Waals surface area contributed by atoms with Crippen molar-refractivity contribution < 1.29 is 27.8 Å². The Morgan fingerprint density at radius 3 is 2.04 bits per heavy atom. The van der Waals surface area contributed by atoms with Gasteiger partial charge in [-0.3, -0.25) is 4.79 Å². The molecular weight excluding hydrogens is 333 g/mol. The number of benzene rings is 2. The second-order valence-electron chi connectivity index (χ2n) is 4.79. The molecule has 25 heavy (non-hydrogen) atoms. The minimum absolute atomic E-state index is 0.250. The molecule has 0 aliphatic carbocycles. The molecule has 2 aromatic carbocycles. The van der Waals surface area contributed by atoms with Gasteiger partial charge in [-0.15, -0.1) is 0 Å². The van der Waals surface area contributed by atoms with E-state index in [2.05, 4.69) is 0 Å². The molecule has 2 aromatic rings. The molecule has 0 spiro atoms. The molecule has 0 amide bonds. The Morgan fingerprint density at radius 2 is 1.56 bits per heavy atom. The second-order valence-corrected chi connectivity index (χ2v) is 4.79. The summed E-state index contributed by atoms with van der Waals surface area (Å²) in [6, 6.07) is 9.21. The summed E-state index contributed by atoms with van der Waals surface area (Å²) in [5.74, 6) is 0.606. The number of methoxy groups -OCH3 is 1. The normalized spacial score (nSPS) is 9.92. The smallest absolute Gasteiger partial charge is 0.416 e. The van der Waals surface area contributed by atoms with Gasteiger partial charge in [-0.25, -0.2) is 0 Å². The van der Waals surface area contributed by atoms with Crippen LogP contribution in [-0.4, -0.2) is 18.7 Å². The van der Waals surface area contributed by atoms with Crippen molar-refractivity contribution in [2.45, 2.75) is 33.9 Å². The third-order valence-corrected chi connectivity index (χ3v) is 3.27. The van der Waals surface area contributed by atoms with E-state index < -0.39 is 11.7 Å². The molecular formula is C19H23F3O3. The lowest BCUT2D eigenvalue weighted by Crippen LogP contribution is -2.05. The SMILES string of the molecule is CC.COc1c(C)cccc1-c1cc(C(F)(F)F)ccc1C.O=CO. The van der Waals surface area contributed by atoms with Crippen molar-refractivity contribution in [1.29, 1.82) is 0 Å². The average Bonchev–Trinajstić information content (AvgIpc) is 2.56. The molecule has 0 aliphatic heterocycles. The molecule has 0 aromatic heterocycles. The van der Waals surface area contributed by atoms with Crippen LogP contribution in [0.25, 0.3) is 11.1 Å². The van der Waals surface area contributed by atoms with E-state index in [9.17, 15) is 13.2 Å². The molecule has 6 heteroatoms. The maximum Gasteiger partial charge on any atom is 0.416 e. The molecule has 2 rings (SSSR count). The van der Waals surface area contributed by atoms with Crippen molar-refractivity contribution >= 4 is 6.47 Å². The topological polar surface area (TPSA) is 46.5 Å². The Bertz CT molecular complexity index is 680. The maximum absolute atomic E-state index is 12.8. The fraction of sp³-hybridized carbons (Fsp3) is 0.316. The number of hydrogen-bond acceptors (Lipinski definition) is 2. The summed E-state index contributed by atoms with van der Waals surface area (Å²) in [7, 11) is 1.52. The first-order valence-electron chi connectivity index (χ1n) is 7.66. The van der Waals surface area contributed by atoms with E-state index in [1.54, 1.807) is 13.0 Å². The van der Waals surface area contributed by atoms with Crippen LogP contribution in [0.3, 0.4) is 0 Å². The Labute approximate surface area is 146 Å². The monoisotopic (exact) mass is 356 g/mol. The highest BCUT2D eigenvalue weighted by Gasteiger charge is 2.31. The fourth-order valence-corrected chi connectivity index (χ4v) is 2.22. The molecule has 0 heterocycles. The van der Waals surface area contributed by atoms with Crippen LogP contribution in [0.15, 0.2) is 36.4 Å². The molecule has 0 bridgehead atoms. The molecule has 0 atom stereocenters. The number of carbonyl (C=O) groups is 1. The summed E-state index contributed by atoms with van der Waals surface area (Å²) in [5.41, 5.74) is 2.24. The summed E-state index contributed by atoms with van der Waals surface area (Å²) < 4.78 is 43.9. The Kier molecular flexibility index (Phi) is 9.34. The van der Waals surface area contributed by atoms with Crippen molar-refractivity contribution in [2.24, 2.45) is 0 Å². The van der Waals surface area contributed by atoms with E-state index >= 15 is 0 Å². The van der Waals surface area contributed by atoms with Gasteiger partial charge in [-0.1, -0.05) is 38.1 Å². The van der Waals surface area contributed by atoms with Crippen LogP contribution in [0.2, 0.25) is 0 Å². The molecule has 0 unspecified atom stereocenters. The third kappa shape index (κ3) is 6.14. The minimum atomic E-state index is -4.35. The fourth-order valence-electron chi connectivity index (χ4n) is 2.22. The van der Waals surface area contributed by atoms with Crippen LogP contribution in [0.5, 0.6) is 5.75 Å². The van der Waals surface area contributed by atoms with Gasteiger partial charge in [-0.2, -0.15) is 13.2 Å². The number of aryl methyl sites for hydroxylation is 2. The molecule has 0 fully saturated rings. The highest BCUT2D eigenvalue weighted by molar-refractivity contribution is 5.75. The standard InChI is InChI=1S/C16H15F3O.C2H6.CH2O2/c1-10-7-8-12(16(17,18)19)9-14(10)13-6-4-5-11(2)15(13)20-3;1-2;2-1-3/h4-9H,1-3H3;1-2H3;1H,(H,2,3). The van der Waals surface area contributed by atoms with Gasteiger partial charge < -0.3 is 9.84 Å². The van der Waals surface area contributed by atoms with E-state index in [4.69, 9.17) is 14.6 Å². The second kappa shape index (κ2) is 10.4. The van der Waals surface area contributed by atoms with Crippen LogP contribution in [0, 0.1) is 13.8 Å². The number of alkyl halides is 3. The predicted molar refractivity (Wildman–Crippen MR) is 92.9 cm³/mol. The van der Waals surface area contributed by atoms with Gasteiger partial charge in [0.2, 0.25) is 0 Å². The molecule has 0 saturated carbocycles. The highest BCUT2D eigenvalue weighted by atomic mass is 19.4. The van der Waals surface area contributed by atoms with Crippen LogP contribution in [0.4, 0.5) is 13.2 Å². The Balaban J connectivity index is 0.00000104. The largest absolute Gasteiger partial charge is 0.496 e. The summed E-state index contributed by atoms with van der Waals surface area (Å²) in [6.45, 7) is 7.41. The summed E-state index contributed by atoms with van der Waals surface area (Å²) in [6.07, 6.45) is -4.35. The first-order chi connectivity index (χ1) is 11.8. The highest BCUT2D eigenvalue weighted by Crippen LogP contribution is 2.38. The summed E-state index contributed by atoms with van der Waals surface area (Å²) >= 11 is 0. The van der Waals surface area contributed by atoms with Crippen LogP contribution in [0.1, 0.15) is 30.5 Å². The van der Waals surface area contributed by atoms with E-state index in [0.717, 1.165) is 17.2 Å². The zero-order chi connectivity index (χ0) is 19.6. The molecule has 0 saturated heterocycles. The van der Waals surface area contributed by atoms with Gasteiger partial charge >= 0.3 is 6.18 Å². The van der Waals surface area contributed by atoms with E-state index in [1.807, 2.05) is 32.9 Å². The third-order valence-electron chi connectivity index (χ3n) is 3.27. The number of carboxylic acid groups (broad SMARTS) is 1. The first kappa shape index (κ1) is 22.5. The zero-order valence-corrected chi connectivity index (χ0v) is 14.9. The Hall–Kier alpha value is -2.50. The van der Waals surface area contributed by atoms with Crippen LogP contribution in [-0.2, 0) is 11.0 Å². The van der Waals surface area contributed by atoms with Crippen molar-refractivity contribution in [3.63, 3.8) is 0 Å². The van der Waals surface area contributed by atoms with Crippen molar-refractivity contribution in [3.05, 3.63) is 53.1 Å². The van der Waals surface area contributed by atoms with Crippen molar-refractivity contribution in [3.8, 4) is 16.9 Å². The van der Waals surface area contributed by atoms with Gasteiger partial charge in [0, 0.05) is 5.56 Å². The van der Waals surface area contributed by atoms with Crippen LogP contribution >= 0.6 is 0 Å². The predicted octanol–water partition coefficient (Wildman–Crippen LogP) is 5.72. The zero-order valence-electron chi connectivity index (χ0n) is 14.9. The lowest BCUT2D eigenvalue weighted by Gasteiger charge is -2.15. The number of halogens is 3. The first-order valence-corrected chi connectivity index (χ1v) is 7.66. The van der Waals surface area contributed by atoms with Crippen LogP contribution < -0.4 is 4.74 Å². The lowest BCUT2D eigenvalue weighted by atomic mass is 9.95. The molecule has 0 aliphatic rings.